The zero-order valence-electron chi connectivity index (χ0n) is 18.6. The van der Waals surface area contributed by atoms with E-state index >= 15 is 0 Å². The monoisotopic (exact) mass is 456 g/mol. The van der Waals surface area contributed by atoms with E-state index in [1.807, 2.05) is 12.1 Å². The minimum absolute atomic E-state index is 0.164. The number of aromatic nitrogens is 4. The Hall–Kier alpha value is -4.47. The smallest absolute Gasteiger partial charge is 0.319 e. The molecule has 0 spiro atoms. The number of carbonyl (C=O) groups excluding carboxylic acids is 2. The van der Waals surface area contributed by atoms with Crippen molar-refractivity contribution in [1.82, 2.24) is 25.5 Å². The highest BCUT2D eigenvalue weighted by Crippen LogP contribution is 2.42. The highest BCUT2D eigenvalue weighted by molar-refractivity contribution is 5.92. The highest BCUT2D eigenvalue weighted by atomic mass is 16.2. The van der Waals surface area contributed by atoms with Crippen LogP contribution in [0.2, 0.25) is 0 Å². The minimum Gasteiger partial charge on any atom is -0.338 e. The second-order valence-corrected chi connectivity index (χ2v) is 8.13. The van der Waals surface area contributed by atoms with Crippen molar-refractivity contribution in [3.05, 3.63) is 66.6 Å². The molecule has 10 heteroatoms. The third kappa shape index (κ3) is 4.38. The average molecular weight is 457 g/mol. The number of para-hydroxylation sites is 1. The summed E-state index contributed by atoms with van der Waals surface area (Å²) in [5.41, 5.74) is 4.26. The summed E-state index contributed by atoms with van der Waals surface area (Å²) in [6.07, 6.45) is 4.05. The van der Waals surface area contributed by atoms with E-state index in [1.165, 1.54) is 12.5 Å². The molecule has 2 aromatic heterocycles. The van der Waals surface area contributed by atoms with Gasteiger partial charge in [0.15, 0.2) is 5.65 Å². The van der Waals surface area contributed by atoms with Crippen molar-refractivity contribution in [2.24, 2.45) is 0 Å². The second-order valence-electron chi connectivity index (χ2n) is 8.13. The Kier molecular flexibility index (Phi) is 5.77. The average Bonchev–Trinajstić information content (AvgIpc) is 3.44. The number of benzene rings is 2. The molecule has 0 aliphatic carbocycles. The standard InChI is InChI=1S/C24H24N8O2/c1-15(33)29-17-5-4-6-18(11-17)30-24(34)25-10-9-16-13-32(21-8-3-2-7-19(16)21)23-20-12-28-31-22(20)26-14-27-23/h2-8,11-12,14,16H,9-10,13H2,1H3,(H,29,33)(H2,25,30,34)(H,26,27,28,31). The molecular formula is C24H24N8O2. The van der Waals surface area contributed by atoms with Gasteiger partial charge >= 0.3 is 6.03 Å². The minimum atomic E-state index is -0.293. The van der Waals surface area contributed by atoms with Crippen LogP contribution in [-0.2, 0) is 4.79 Å². The number of anilines is 4. The van der Waals surface area contributed by atoms with Crippen LogP contribution in [0.25, 0.3) is 11.0 Å². The molecule has 0 radical (unpaired) electrons. The number of nitrogens with one attached hydrogen (secondary N) is 4. The third-order valence-corrected chi connectivity index (χ3v) is 5.77. The maximum atomic E-state index is 12.4. The fourth-order valence-electron chi connectivity index (χ4n) is 4.32. The Morgan fingerprint density at radius 1 is 1.09 bits per heavy atom. The van der Waals surface area contributed by atoms with E-state index in [1.54, 1.807) is 36.8 Å². The lowest BCUT2D eigenvalue weighted by Gasteiger charge is -2.19. The first-order chi connectivity index (χ1) is 16.6. The van der Waals surface area contributed by atoms with Crippen LogP contribution in [0.15, 0.2) is 61.1 Å². The Bertz CT molecular complexity index is 1350. The SMILES string of the molecule is CC(=O)Nc1cccc(NC(=O)NCCC2CN(c3ncnc4[nH]ncc34)c3ccccc32)c1. The molecule has 1 aliphatic heterocycles. The van der Waals surface area contributed by atoms with Crippen molar-refractivity contribution >= 4 is 45.9 Å². The first-order valence-electron chi connectivity index (χ1n) is 11.0. The summed E-state index contributed by atoms with van der Waals surface area (Å²) < 4.78 is 0. The first kappa shape index (κ1) is 21.4. The molecule has 0 saturated carbocycles. The van der Waals surface area contributed by atoms with Crippen LogP contribution in [0.1, 0.15) is 24.8 Å². The Labute approximate surface area is 195 Å². The molecule has 34 heavy (non-hydrogen) atoms. The van der Waals surface area contributed by atoms with Crippen molar-refractivity contribution in [2.75, 3.05) is 28.6 Å². The third-order valence-electron chi connectivity index (χ3n) is 5.77. The summed E-state index contributed by atoms with van der Waals surface area (Å²) in [5, 5.41) is 16.3. The number of aromatic amines is 1. The van der Waals surface area contributed by atoms with Crippen molar-refractivity contribution < 1.29 is 9.59 Å². The molecule has 0 saturated heterocycles. The van der Waals surface area contributed by atoms with Crippen molar-refractivity contribution in [1.29, 1.82) is 0 Å². The van der Waals surface area contributed by atoms with Crippen LogP contribution in [0, 0.1) is 0 Å². The van der Waals surface area contributed by atoms with E-state index in [0.29, 0.717) is 23.6 Å². The van der Waals surface area contributed by atoms with Gasteiger partial charge in [-0.05, 0) is 36.2 Å². The Morgan fingerprint density at radius 3 is 2.76 bits per heavy atom. The van der Waals surface area contributed by atoms with E-state index in [2.05, 4.69) is 53.1 Å². The topological polar surface area (TPSA) is 128 Å². The van der Waals surface area contributed by atoms with E-state index in [9.17, 15) is 9.59 Å². The highest BCUT2D eigenvalue weighted by Gasteiger charge is 2.30. The molecule has 10 nitrogen and oxygen atoms in total. The number of nitrogens with zero attached hydrogens (tertiary/aromatic N) is 4. The van der Waals surface area contributed by atoms with Crippen LogP contribution in [-0.4, -0.2) is 45.2 Å². The van der Waals surface area contributed by atoms with Gasteiger partial charge in [-0.3, -0.25) is 9.89 Å². The number of amides is 3. The lowest BCUT2D eigenvalue weighted by Crippen LogP contribution is -2.30. The molecule has 0 fully saturated rings. The van der Waals surface area contributed by atoms with Gasteiger partial charge in [0.25, 0.3) is 0 Å². The normalized spacial score (nSPS) is 14.6. The zero-order chi connectivity index (χ0) is 23.5. The summed E-state index contributed by atoms with van der Waals surface area (Å²) in [6, 6.07) is 15.0. The molecule has 1 unspecified atom stereocenters. The largest absolute Gasteiger partial charge is 0.338 e. The lowest BCUT2D eigenvalue weighted by molar-refractivity contribution is -0.114. The first-order valence-corrected chi connectivity index (χ1v) is 11.0. The lowest BCUT2D eigenvalue weighted by atomic mass is 9.98. The number of hydrogen-bond donors (Lipinski definition) is 4. The Balaban J connectivity index is 1.23. The summed E-state index contributed by atoms with van der Waals surface area (Å²) in [7, 11) is 0. The number of fused-ring (bicyclic) bond motifs is 2. The predicted octanol–water partition coefficient (Wildman–Crippen LogP) is 3.76. The van der Waals surface area contributed by atoms with Gasteiger partial charge in [0, 0.05) is 43.0 Å². The summed E-state index contributed by atoms with van der Waals surface area (Å²) >= 11 is 0. The molecule has 3 amide bonds. The predicted molar refractivity (Wildman–Crippen MR) is 130 cm³/mol. The molecule has 1 aliphatic rings. The van der Waals surface area contributed by atoms with Gasteiger partial charge in [-0.25, -0.2) is 14.8 Å². The zero-order valence-corrected chi connectivity index (χ0v) is 18.6. The van der Waals surface area contributed by atoms with Gasteiger partial charge in [0.05, 0.1) is 11.6 Å². The molecule has 1 atom stereocenters. The van der Waals surface area contributed by atoms with Crippen molar-refractivity contribution in [3.63, 3.8) is 0 Å². The number of H-pyrrole nitrogens is 1. The van der Waals surface area contributed by atoms with Crippen LogP contribution in [0.4, 0.5) is 27.7 Å². The van der Waals surface area contributed by atoms with Gasteiger partial charge < -0.3 is 20.9 Å². The van der Waals surface area contributed by atoms with Crippen LogP contribution < -0.4 is 20.9 Å². The van der Waals surface area contributed by atoms with Crippen molar-refractivity contribution in [2.45, 2.75) is 19.3 Å². The number of carbonyl (C=O) groups is 2. The van der Waals surface area contributed by atoms with Gasteiger partial charge in [-0.1, -0.05) is 24.3 Å². The van der Waals surface area contributed by atoms with Gasteiger partial charge in [0.1, 0.15) is 12.1 Å². The number of urea groups is 1. The van der Waals surface area contributed by atoms with Gasteiger partial charge in [-0.2, -0.15) is 5.10 Å². The summed E-state index contributed by atoms with van der Waals surface area (Å²) in [4.78, 5) is 34.6. The molecular weight excluding hydrogens is 432 g/mol. The molecule has 2 aromatic carbocycles. The number of rotatable bonds is 6. The van der Waals surface area contributed by atoms with Gasteiger partial charge in [0.2, 0.25) is 5.91 Å². The molecule has 172 valence electrons. The molecule has 5 rings (SSSR count). The van der Waals surface area contributed by atoms with Crippen LogP contribution in [0.5, 0.6) is 0 Å². The van der Waals surface area contributed by atoms with Crippen molar-refractivity contribution in [3.8, 4) is 0 Å². The quantitative estimate of drug-likeness (QED) is 0.350. The van der Waals surface area contributed by atoms with Crippen LogP contribution in [0.3, 0.4) is 0 Å². The maximum Gasteiger partial charge on any atom is 0.319 e. The molecule has 4 N–H and O–H groups in total. The number of hydrogen-bond acceptors (Lipinski definition) is 6. The summed E-state index contributed by atoms with van der Waals surface area (Å²) in [5.74, 6) is 0.887. The van der Waals surface area contributed by atoms with E-state index in [0.717, 1.165) is 29.9 Å². The molecule has 4 aromatic rings. The fraction of sp³-hybridized carbons (Fsp3) is 0.208. The fourth-order valence-corrected chi connectivity index (χ4v) is 4.32. The Morgan fingerprint density at radius 2 is 1.91 bits per heavy atom. The second kappa shape index (κ2) is 9.18. The van der Waals surface area contributed by atoms with Gasteiger partial charge in [-0.15, -0.1) is 0 Å². The molecule has 3 heterocycles. The van der Waals surface area contributed by atoms with E-state index in [-0.39, 0.29) is 17.9 Å². The van der Waals surface area contributed by atoms with E-state index < -0.39 is 0 Å². The summed E-state index contributed by atoms with van der Waals surface area (Å²) in [6.45, 7) is 2.70. The molecule has 0 bridgehead atoms. The van der Waals surface area contributed by atoms with Crippen LogP contribution >= 0.6 is 0 Å². The van der Waals surface area contributed by atoms with E-state index in [4.69, 9.17) is 0 Å². The maximum absolute atomic E-state index is 12.4.